The largest absolute Gasteiger partial charge is 0.213 e. The Morgan fingerprint density at radius 1 is 0.732 bits per heavy atom. The lowest BCUT2D eigenvalue weighted by Gasteiger charge is -2.31. The molecule has 2 aliphatic heterocycles. The molecule has 0 aliphatic carbocycles. The molecule has 0 saturated carbocycles. The van der Waals surface area contributed by atoms with Gasteiger partial charge in [0.1, 0.15) is 0 Å². The van der Waals surface area contributed by atoms with Crippen molar-refractivity contribution >= 4 is 0 Å². The minimum Gasteiger partial charge on any atom is -0.194 e. The Morgan fingerprint density at radius 3 is 2.37 bits per heavy atom. The Balaban J connectivity index is 1.39. The van der Waals surface area contributed by atoms with Gasteiger partial charge in [-0.1, -0.05) is 87.5 Å². The smallest absolute Gasteiger partial charge is 0.194 e. The van der Waals surface area contributed by atoms with E-state index in [1.165, 1.54) is 56.0 Å². The maximum Gasteiger partial charge on any atom is 0.213 e. The molecule has 2 nitrogen and oxygen atoms in total. The molecule has 0 amide bonds. The van der Waals surface area contributed by atoms with Gasteiger partial charge in [-0.3, -0.25) is 0 Å². The predicted octanol–water partition coefficient (Wildman–Crippen LogP) is 8.30. The Morgan fingerprint density at radius 2 is 1.51 bits per heavy atom. The summed E-state index contributed by atoms with van der Waals surface area (Å²) in [6.45, 7) is 7.97. The standard InChI is InChI=1S/C39H38N2/c1-27(2)24-33-14-11-18-38-35-16-8-7-15-34(35)28(3)39(41(33)38)32-22-20-30-19-21-31(29-12-5-4-6-13-29)25-36(30)37-17-9-10-23-40(37)26-32/h4-19,21-23,25,27-28,39H,20,24,26H2,1-3H3/q+2/b32-22+. The summed E-state index contributed by atoms with van der Waals surface area (Å²) in [7, 11) is 0. The van der Waals surface area contributed by atoms with Gasteiger partial charge in [-0.15, -0.1) is 0 Å². The van der Waals surface area contributed by atoms with E-state index in [9.17, 15) is 0 Å². The van der Waals surface area contributed by atoms with Gasteiger partial charge in [-0.05, 0) is 58.9 Å². The van der Waals surface area contributed by atoms with Gasteiger partial charge in [0.25, 0.3) is 0 Å². The fraction of sp³-hybridized carbons (Fsp3) is 0.231. The number of allylic oxidation sites excluding steroid dienone is 2. The number of aromatic nitrogens is 2. The van der Waals surface area contributed by atoms with Crippen molar-refractivity contribution in [3.05, 3.63) is 144 Å². The molecule has 0 bridgehead atoms. The summed E-state index contributed by atoms with van der Waals surface area (Å²) in [5, 5.41) is 0. The van der Waals surface area contributed by atoms with Crippen molar-refractivity contribution in [3.8, 4) is 33.6 Å². The van der Waals surface area contributed by atoms with Crippen molar-refractivity contribution < 1.29 is 9.13 Å². The van der Waals surface area contributed by atoms with E-state index in [0.29, 0.717) is 11.8 Å². The molecule has 41 heavy (non-hydrogen) atoms. The van der Waals surface area contributed by atoms with E-state index in [-0.39, 0.29) is 6.04 Å². The molecule has 2 atom stereocenters. The zero-order valence-electron chi connectivity index (χ0n) is 24.3. The molecule has 0 radical (unpaired) electrons. The third kappa shape index (κ3) is 4.62. The molecule has 0 N–H and O–H groups in total. The van der Waals surface area contributed by atoms with Gasteiger partial charge in [0.2, 0.25) is 11.4 Å². The lowest BCUT2D eigenvalue weighted by Crippen LogP contribution is -2.53. The molecule has 2 unspecified atom stereocenters. The zero-order valence-corrected chi connectivity index (χ0v) is 24.3. The van der Waals surface area contributed by atoms with Crippen LogP contribution in [-0.2, 0) is 19.4 Å². The average molecular weight is 535 g/mol. The number of pyridine rings is 2. The monoisotopic (exact) mass is 534 g/mol. The number of rotatable bonds is 4. The van der Waals surface area contributed by atoms with Gasteiger partial charge >= 0.3 is 0 Å². The van der Waals surface area contributed by atoms with E-state index in [2.05, 4.69) is 151 Å². The minimum atomic E-state index is 0.264. The molecule has 202 valence electrons. The van der Waals surface area contributed by atoms with Gasteiger partial charge in [0.05, 0.1) is 11.1 Å². The second-order valence-electron chi connectivity index (χ2n) is 12.1. The number of hydrogen-bond donors (Lipinski definition) is 0. The van der Waals surface area contributed by atoms with Crippen LogP contribution in [0.1, 0.15) is 49.6 Å². The van der Waals surface area contributed by atoms with Gasteiger partial charge in [-0.25, -0.2) is 0 Å². The third-order valence-corrected chi connectivity index (χ3v) is 8.96. The van der Waals surface area contributed by atoms with Crippen molar-refractivity contribution in [2.45, 2.75) is 52.1 Å². The summed E-state index contributed by atoms with van der Waals surface area (Å²) in [6, 6.07) is 40.6. The number of benzene rings is 3. The second kappa shape index (κ2) is 10.6. The highest BCUT2D eigenvalue weighted by Crippen LogP contribution is 2.42. The summed E-state index contributed by atoms with van der Waals surface area (Å²) < 4.78 is 5.15. The Hall–Kier alpha value is -4.30. The average Bonchev–Trinajstić information content (AvgIpc) is 2.99. The van der Waals surface area contributed by atoms with E-state index in [1.54, 1.807) is 0 Å². The summed E-state index contributed by atoms with van der Waals surface area (Å²) in [4.78, 5) is 0. The molecule has 0 fully saturated rings. The van der Waals surface area contributed by atoms with Crippen LogP contribution >= 0.6 is 0 Å². The van der Waals surface area contributed by atoms with Crippen LogP contribution in [0.5, 0.6) is 0 Å². The summed E-state index contributed by atoms with van der Waals surface area (Å²) in [6.07, 6.45) is 6.81. The maximum absolute atomic E-state index is 2.68. The highest BCUT2D eigenvalue weighted by Gasteiger charge is 2.43. The lowest BCUT2D eigenvalue weighted by atomic mass is 9.79. The molecule has 5 aromatic rings. The quantitative estimate of drug-likeness (QED) is 0.162. The predicted molar refractivity (Wildman–Crippen MR) is 167 cm³/mol. The van der Waals surface area contributed by atoms with Crippen molar-refractivity contribution in [3.63, 3.8) is 0 Å². The van der Waals surface area contributed by atoms with Crippen LogP contribution in [0.2, 0.25) is 0 Å². The van der Waals surface area contributed by atoms with E-state index in [1.807, 2.05) is 0 Å². The molecular weight excluding hydrogens is 496 g/mol. The van der Waals surface area contributed by atoms with Crippen molar-refractivity contribution in [1.29, 1.82) is 0 Å². The van der Waals surface area contributed by atoms with E-state index < -0.39 is 0 Å². The van der Waals surface area contributed by atoms with Crippen LogP contribution in [0.15, 0.2) is 127 Å². The third-order valence-electron chi connectivity index (χ3n) is 8.96. The first kappa shape index (κ1) is 25.7. The van der Waals surface area contributed by atoms with Crippen molar-refractivity contribution in [2.24, 2.45) is 5.92 Å². The number of nitrogens with zero attached hydrogens (tertiary/aromatic N) is 2. The second-order valence-corrected chi connectivity index (χ2v) is 12.1. The Labute approximate surface area is 244 Å². The van der Waals surface area contributed by atoms with Crippen LogP contribution in [0.25, 0.3) is 33.6 Å². The van der Waals surface area contributed by atoms with Gasteiger partial charge < -0.3 is 0 Å². The maximum atomic E-state index is 2.68. The number of hydrogen-bond acceptors (Lipinski definition) is 0. The topological polar surface area (TPSA) is 7.76 Å². The first-order valence-corrected chi connectivity index (χ1v) is 15.1. The highest BCUT2D eigenvalue weighted by molar-refractivity contribution is 5.73. The zero-order chi connectivity index (χ0) is 27.9. The minimum absolute atomic E-state index is 0.264. The SMILES string of the molecule is CC(C)Cc1cccc2[n+]1C(/C1=C/Cc3ccc(-c4ccccc4)cc3-c3cccc[n+]3C1)C(C)c1ccccc1-2. The van der Waals surface area contributed by atoms with Gasteiger partial charge in [0.15, 0.2) is 24.5 Å². The van der Waals surface area contributed by atoms with E-state index in [0.717, 1.165) is 19.4 Å². The first-order valence-electron chi connectivity index (χ1n) is 15.1. The molecule has 2 aromatic heterocycles. The van der Waals surface area contributed by atoms with Gasteiger partial charge in [-0.2, -0.15) is 9.13 Å². The molecule has 2 aliphatic rings. The van der Waals surface area contributed by atoms with E-state index in [4.69, 9.17) is 0 Å². The molecule has 7 rings (SSSR count). The lowest BCUT2D eigenvalue weighted by molar-refractivity contribution is -0.728. The summed E-state index contributed by atoms with van der Waals surface area (Å²) >= 11 is 0. The fourth-order valence-electron chi connectivity index (χ4n) is 7.08. The van der Waals surface area contributed by atoms with Crippen LogP contribution in [0, 0.1) is 5.92 Å². The normalized spacial score (nSPS) is 18.7. The van der Waals surface area contributed by atoms with Gasteiger partial charge in [0, 0.05) is 42.2 Å². The first-order chi connectivity index (χ1) is 20.1. The molecule has 0 saturated heterocycles. The fourth-order valence-corrected chi connectivity index (χ4v) is 7.08. The highest BCUT2D eigenvalue weighted by atomic mass is 15.1. The summed E-state index contributed by atoms with van der Waals surface area (Å²) in [5.74, 6) is 0.963. The molecule has 3 aromatic carbocycles. The van der Waals surface area contributed by atoms with Crippen LogP contribution in [0.3, 0.4) is 0 Å². The van der Waals surface area contributed by atoms with Crippen molar-refractivity contribution in [1.82, 2.24) is 0 Å². The molecule has 0 spiro atoms. The van der Waals surface area contributed by atoms with Crippen LogP contribution in [-0.4, -0.2) is 0 Å². The van der Waals surface area contributed by atoms with Crippen LogP contribution < -0.4 is 9.13 Å². The summed E-state index contributed by atoms with van der Waals surface area (Å²) in [5.41, 5.74) is 13.6. The van der Waals surface area contributed by atoms with Crippen molar-refractivity contribution in [2.75, 3.05) is 0 Å². The van der Waals surface area contributed by atoms with Crippen LogP contribution in [0.4, 0.5) is 0 Å². The molecule has 2 heteroatoms. The number of fused-ring (bicyclic) bond motifs is 6. The molecular formula is C39H38N2+2. The van der Waals surface area contributed by atoms with E-state index >= 15 is 0 Å². The Bertz CT molecular complexity index is 1760. The molecule has 4 heterocycles. The Kier molecular flexibility index (Phi) is 6.63.